The van der Waals surface area contributed by atoms with Gasteiger partial charge in [0.15, 0.2) is 9.84 Å². The number of nitrogens with one attached hydrogen (secondary N) is 1. The summed E-state index contributed by atoms with van der Waals surface area (Å²) in [6.45, 7) is 0. The van der Waals surface area contributed by atoms with Gasteiger partial charge in [-0.3, -0.25) is 0 Å². The van der Waals surface area contributed by atoms with Gasteiger partial charge in [0.25, 0.3) is 0 Å². The molecule has 0 radical (unpaired) electrons. The van der Waals surface area contributed by atoms with Gasteiger partial charge >= 0.3 is 0 Å². The summed E-state index contributed by atoms with van der Waals surface area (Å²) in [6.07, 6.45) is 4.41. The first-order valence-corrected chi connectivity index (χ1v) is 8.75. The van der Waals surface area contributed by atoms with E-state index in [1.54, 1.807) is 6.07 Å². The Kier molecular flexibility index (Phi) is 3.14. The second-order valence-corrected chi connectivity index (χ2v) is 7.94. The normalized spacial score (nSPS) is 19.5. The van der Waals surface area contributed by atoms with Crippen molar-refractivity contribution < 1.29 is 8.42 Å². The molecule has 1 N–H and O–H groups in total. The van der Waals surface area contributed by atoms with Crippen LogP contribution in [0.3, 0.4) is 0 Å². The molecule has 3 rings (SSSR count). The van der Waals surface area contributed by atoms with E-state index in [-0.39, 0.29) is 0 Å². The third kappa shape index (κ3) is 2.25. The van der Waals surface area contributed by atoms with Crippen LogP contribution in [0.25, 0.3) is 10.9 Å². The van der Waals surface area contributed by atoms with E-state index in [1.165, 1.54) is 17.5 Å². The molecule has 0 amide bonds. The van der Waals surface area contributed by atoms with Crippen LogP contribution >= 0.6 is 0 Å². The summed E-state index contributed by atoms with van der Waals surface area (Å²) in [7, 11) is 1.05. The smallest absolute Gasteiger partial charge is 0.175 e. The number of aryl methyl sites for hydroxylation is 1. The van der Waals surface area contributed by atoms with Crippen molar-refractivity contribution in [2.45, 2.75) is 30.2 Å². The predicted octanol–water partition coefficient (Wildman–Crippen LogP) is 1.99. The van der Waals surface area contributed by atoms with Gasteiger partial charge < -0.3 is 9.88 Å². The number of nitrogens with zero attached hydrogens (tertiary/aromatic N) is 1. The Hall–Kier alpha value is -1.33. The molecule has 0 saturated carbocycles. The monoisotopic (exact) mass is 292 g/mol. The molecule has 0 spiro atoms. The lowest BCUT2D eigenvalue weighted by Gasteiger charge is -2.28. The van der Waals surface area contributed by atoms with Crippen LogP contribution < -0.4 is 0 Å². The Morgan fingerprint density at radius 2 is 2.05 bits per heavy atom. The maximum Gasteiger partial charge on any atom is 0.175 e. The van der Waals surface area contributed by atoms with Gasteiger partial charge in [0.05, 0.1) is 4.90 Å². The molecule has 1 aliphatic carbocycles. The molecule has 1 unspecified atom stereocenters. The summed E-state index contributed by atoms with van der Waals surface area (Å²) in [5.74, 6) is 0. The molecular weight excluding hydrogens is 272 g/mol. The molecule has 1 aromatic heterocycles. The highest BCUT2D eigenvalue weighted by Gasteiger charge is 2.24. The zero-order valence-corrected chi connectivity index (χ0v) is 12.9. The van der Waals surface area contributed by atoms with Gasteiger partial charge in [-0.25, -0.2) is 8.42 Å². The molecule has 4 nitrogen and oxygen atoms in total. The predicted molar refractivity (Wildman–Crippen MR) is 80.9 cm³/mol. The van der Waals surface area contributed by atoms with Gasteiger partial charge in [0, 0.05) is 28.9 Å². The summed E-state index contributed by atoms with van der Waals surface area (Å²) < 4.78 is 23.4. The standard InChI is InChI=1S/C15H20N2O2S/c1-17(2)10-4-6-14-12(8-10)13-9-11(20(3,18)19)5-7-15(13)16-14/h5,7,9-10,16H,4,6,8H2,1-3H3. The Morgan fingerprint density at radius 3 is 2.70 bits per heavy atom. The molecule has 0 bridgehead atoms. The SMILES string of the molecule is CN(C)C1CCc2[nH]c3ccc(S(C)(=O)=O)cc3c2C1. The van der Waals surface area contributed by atoms with Gasteiger partial charge in [-0.05, 0) is 57.1 Å². The molecule has 0 fully saturated rings. The van der Waals surface area contributed by atoms with Crippen molar-refractivity contribution in [3.05, 3.63) is 29.5 Å². The second kappa shape index (κ2) is 4.60. The molecule has 2 aromatic rings. The van der Waals surface area contributed by atoms with E-state index in [2.05, 4.69) is 24.0 Å². The van der Waals surface area contributed by atoms with Gasteiger partial charge in [0.2, 0.25) is 0 Å². The Labute approximate surface area is 119 Å². The van der Waals surface area contributed by atoms with Crippen molar-refractivity contribution in [2.24, 2.45) is 0 Å². The number of rotatable bonds is 2. The van der Waals surface area contributed by atoms with Gasteiger partial charge in [-0.2, -0.15) is 0 Å². The minimum Gasteiger partial charge on any atom is -0.358 e. The van der Waals surface area contributed by atoms with E-state index in [9.17, 15) is 8.42 Å². The number of fused-ring (bicyclic) bond motifs is 3. The minimum absolute atomic E-state index is 0.402. The van der Waals surface area contributed by atoms with E-state index in [0.717, 1.165) is 30.2 Å². The summed E-state index contributed by atoms with van der Waals surface area (Å²) in [5.41, 5.74) is 3.60. The maximum absolute atomic E-state index is 11.7. The quantitative estimate of drug-likeness (QED) is 0.921. The fourth-order valence-electron chi connectivity index (χ4n) is 3.05. The van der Waals surface area contributed by atoms with Crippen LogP contribution in [0.4, 0.5) is 0 Å². The van der Waals surface area contributed by atoms with Gasteiger partial charge in [0.1, 0.15) is 0 Å². The number of hydrogen-bond acceptors (Lipinski definition) is 3. The maximum atomic E-state index is 11.7. The number of H-pyrrole nitrogens is 1. The van der Waals surface area contributed by atoms with Crippen LogP contribution in [-0.4, -0.2) is 44.7 Å². The van der Waals surface area contributed by atoms with E-state index in [0.29, 0.717) is 10.9 Å². The van der Waals surface area contributed by atoms with Gasteiger partial charge in [-0.15, -0.1) is 0 Å². The first-order chi connectivity index (χ1) is 9.36. The molecular formula is C15H20N2O2S. The van der Waals surface area contributed by atoms with Crippen molar-refractivity contribution in [1.29, 1.82) is 0 Å². The molecule has 1 aliphatic rings. The fraction of sp³-hybridized carbons (Fsp3) is 0.467. The largest absolute Gasteiger partial charge is 0.358 e. The van der Waals surface area contributed by atoms with E-state index < -0.39 is 9.84 Å². The van der Waals surface area contributed by atoms with Crippen LogP contribution in [0.2, 0.25) is 0 Å². The number of hydrogen-bond donors (Lipinski definition) is 1. The first-order valence-electron chi connectivity index (χ1n) is 6.86. The van der Waals surface area contributed by atoms with Crippen LogP contribution in [-0.2, 0) is 22.7 Å². The Morgan fingerprint density at radius 1 is 1.30 bits per heavy atom. The number of likely N-dealkylation sites (N-methyl/N-ethyl adjacent to an activating group) is 1. The summed E-state index contributed by atoms with van der Waals surface area (Å²) in [4.78, 5) is 6.09. The molecule has 1 heterocycles. The highest BCUT2D eigenvalue weighted by atomic mass is 32.2. The molecule has 108 valence electrons. The van der Waals surface area contributed by atoms with Crippen LogP contribution in [0, 0.1) is 0 Å². The first kappa shape index (κ1) is 13.6. The Balaban J connectivity index is 2.14. The topological polar surface area (TPSA) is 53.2 Å². The highest BCUT2D eigenvalue weighted by molar-refractivity contribution is 7.90. The zero-order chi connectivity index (χ0) is 14.5. The van der Waals surface area contributed by atoms with Crippen molar-refractivity contribution in [1.82, 2.24) is 9.88 Å². The lowest BCUT2D eigenvalue weighted by molar-refractivity contribution is 0.268. The molecule has 1 atom stereocenters. The molecule has 0 aliphatic heterocycles. The van der Waals surface area contributed by atoms with Crippen molar-refractivity contribution in [2.75, 3.05) is 20.4 Å². The number of aromatic amines is 1. The lowest BCUT2D eigenvalue weighted by atomic mass is 9.91. The van der Waals surface area contributed by atoms with E-state index in [1.807, 2.05) is 12.1 Å². The average Bonchev–Trinajstić information content (AvgIpc) is 2.74. The summed E-state index contributed by atoms with van der Waals surface area (Å²) in [5, 5.41) is 1.06. The molecule has 0 saturated heterocycles. The summed E-state index contributed by atoms with van der Waals surface area (Å²) >= 11 is 0. The van der Waals surface area contributed by atoms with Crippen molar-refractivity contribution in [3.63, 3.8) is 0 Å². The van der Waals surface area contributed by atoms with E-state index in [4.69, 9.17) is 0 Å². The Bertz CT molecular complexity index is 760. The number of aromatic nitrogens is 1. The molecule has 20 heavy (non-hydrogen) atoms. The second-order valence-electron chi connectivity index (χ2n) is 5.92. The van der Waals surface area contributed by atoms with E-state index >= 15 is 0 Å². The number of benzene rings is 1. The number of sulfone groups is 1. The van der Waals surface area contributed by atoms with Crippen molar-refractivity contribution >= 4 is 20.7 Å². The van der Waals surface area contributed by atoms with Crippen LogP contribution in [0.15, 0.2) is 23.1 Å². The minimum atomic E-state index is -3.15. The molecule has 5 heteroatoms. The summed E-state index contributed by atoms with van der Waals surface area (Å²) in [6, 6.07) is 5.92. The lowest BCUT2D eigenvalue weighted by Crippen LogP contribution is -2.33. The zero-order valence-electron chi connectivity index (χ0n) is 12.1. The van der Waals surface area contributed by atoms with Gasteiger partial charge in [-0.1, -0.05) is 0 Å². The fourth-order valence-corrected chi connectivity index (χ4v) is 3.70. The third-order valence-corrected chi connectivity index (χ3v) is 5.40. The third-order valence-electron chi connectivity index (χ3n) is 4.29. The molecule has 1 aromatic carbocycles. The highest BCUT2D eigenvalue weighted by Crippen LogP contribution is 2.31. The van der Waals surface area contributed by atoms with Crippen LogP contribution in [0.1, 0.15) is 17.7 Å². The van der Waals surface area contributed by atoms with Crippen molar-refractivity contribution in [3.8, 4) is 0 Å². The average molecular weight is 292 g/mol. The van der Waals surface area contributed by atoms with Crippen LogP contribution in [0.5, 0.6) is 0 Å².